The lowest BCUT2D eigenvalue weighted by Gasteiger charge is -2.32. The van der Waals surface area contributed by atoms with Crippen molar-refractivity contribution < 1.29 is 23.8 Å². The summed E-state index contributed by atoms with van der Waals surface area (Å²) in [6, 6.07) is 17.9. The number of urea groups is 1. The Bertz CT molecular complexity index is 1430. The van der Waals surface area contributed by atoms with E-state index in [4.69, 9.17) is 14.2 Å². The quantitative estimate of drug-likeness (QED) is 0.166. The Hall–Kier alpha value is -4.24. The summed E-state index contributed by atoms with van der Waals surface area (Å²) < 4.78 is 17.9. The molecule has 3 N–H and O–H groups in total. The van der Waals surface area contributed by atoms with Crippen LogP contribution >= 0.6 is 0 Å². The zero-order chi connectivity index (χ0) is 33.1. The number of hydrogen-bond acceptors (Lipinski definition) is 6. The summed E-state index contributed by atoms with van der Waals surface area (Å²) in [7, 11) is 1.55. The lowest BCUT2D eigenvalue weighted by atomic mass is 10.1. The molecule has 1 aliphatic heterocycles. The van der Waals surface area contributed by atoms with Crippen LogP contribution in [0.25, 0.3) is 0 Å². The number of methoxy groups -OCH3 is 1. The molecule has 0 aliphatic carbocycles. The van der Waals surface area contributed by atoms with Gasteiger partial charge in [-0.3, -0.25) is 4.79 Å². The molecular weight excluding hydrogens is 580 g/mol. The van der Waals surface area contributed by atoms with E-state index in [1.54, 1.807) is 43.5 Å². The highest BCUT2D eigenvalue weighted by Gasteiger charge is 2.21. The maximum absolute atomic E-state index is 13.0. The van der Waals surface area contributed by atoms with Crippen molar-refractivity contribution in [1.29, 1.82) is 0 Å². The molecule has 0 atom stereocenters. The van der Waals surface area contributed by atoms with Crippen LogP contribution in [0.4, 0.5) is 16.2 Å². The van der Waals surface area contributed by atoms with Crippen LogP contribution in [0.3, 0.4) is 0 Å². The molecule has 1 heterocycles. The van der Waals surface area contributed by atoms with Gasteiger partial charge in [0.1, 0.15) is 17.6 Å². The minimum Gasteiger partial charge on any atom is -0.493 e. The average molecular weight is 631 g/mol. The fourth-order valence-corrected chi connectivity index (χ4v) is 5.41. The fraction of sp³-hybridized carbons (Fsp3) is 0.459. The first-order chi connectivity index (χ1) is 22.2. The standard InChI is InChI=1S/C37H50N4O5/c1-7-28(8-2)39-37(43)40-30-12-16-34(35(24-30)44-6)46-33-15-11-29(23-26(33)5)38-36(42)27-9-13-31(14-10-27)45-32-18-21-41(22-19-32)20-17-25(3)4/h9-16,23-25,28,32H,7-8,17-22H2,1-6H3,(H,38,42)(H2,39,40,43). The molecule has 0 unspecified atom stereocenters. The first kappa shape index (κ1) is 34.6. The average Bonchev–Trinajstić information content (AvgIpc) is 3.05. The highest BCUT2D eigenvalue weighted by molar-refractivity contribution is 6.04. The molecule has 9 heteroatoms. The van der Waals surface area contributed by atoms with Gasteiger partial charge in [0.25, 0.3) is 5.91 Å². The molecule has 3 amide bonds. The van der Waals surface area contributed by atoms with Crippen LogP contribution in [0.15, 0.2) is 60.7 Å². The number of ether oxygens (including phenoxy) is 3. The fourth-order valence-electron chi connectivity index (χ4n) is 5.41. The molecule has 1 fully saturated rings. The van der Waals surface area contributed by atoms with Gasteiger partial charge in [-0.2, -0.15) is 0 Å². The minimum absolute atomic E-state index is 0.123. The SMILES string of the molecule is CCC(CC)NC(=O)Nc1ccc(Oc2ccc(NC(=O)c3ccc(OC4CCN(CCC(C)C)CC4)cc3)cc2C)c(OC)c1. The number of nitrogens with one attached hydrogen (secondary N) is 3. The van der Waals surface area contributed by atoms with Crippen LogP contribution in [0, 0.1) is 12.8 Å². The molecule has 0 radical (unpaired) electrons. The molecule has 0 saturated carbocycles. The highest BCUT2D eigenvalue weighted by Crippen LogP contribution is 2.36. The minimum atomic E-state index is -0.259. The number of likely N-dealkylation sites (tertiary alicyclic amines) is 1. The maximum atomic E-state index is 13.0. The number of hydrogen-bond donors (Lipinski definition) is 3. The van der Waals surface area contributed by atoms with E-state index in [-0.39, 0.29) is 24.1 Å². The van der Waals surface area contributed by atoms with Gasteiger partial charge in [0.15, 0.2) is 11.5 Å². The van der Waals surface area contributed by atoms with E-state index in [9.17, 15) is 9.59 Å². The van der Waals surface area contributed by atoms with E-state index in [1.165, 1.54) is 6.42 Å². The van der Waals surface area contributed by atoms with Crippen molar-refractivity contribution in [2.45, 2.75) is 78.9 Å². The van der Waals surface area contributed by atoms with E-state index >= 15 is 0 Å². The van der Waals surface area contributed by atoms with Gasteiger partial charge >= 0.3 is 6.03 Å². The third kappa shape index (κ3) is 10.1. The maximum Gasteiger partial charge on any atom is 0.319 e. The van der Waals surface area contributed by atoms with Gasteiger partial charge in [0, 0.05) is 42.1 Å². The zero-order valence-electron chi connectivity index (χ0n) is 28.2. The number of nitrogens with zero attached hydrogens (tertiary/aromatic N) is 1. The summed E-state index contributed by atoms with van der Waals surface area (Å²) in [6.07, 6.45) is 5.21. The van der Waals surface area contributed by atoms with Gasteiger partial charge in [-0.1, -0.05) is 27.7 Å². The molecule has 9 nitrogen and oxygen atoms in total. The lowest BCUT2D eigenvalue weighted by molar-refractivity contribution is 0.0979. The first-order valence-corrected chi connectivity index (χ1v) is 16.5. The van der Waals surface area contributed by atoms with Crippen molar-refractivity contribution in [3.8, 4) is 23.0 Å². The Morgan fingerprint density at radius 1 is 0.870 bits per heavy atom. The van der Waals surface area contributed by atoms with Gasteiger partial charge in [-0.15, -0.1) is 0 Å². The summed E-state index contributed by atoms with van der Waals surface area (Å²) in [4.78, 5) is 27.9. The zero-order valence-corrected chi connectivity index (χ0v) is 28.2. The molecular formula is C37H50N4O5. The van der Waals surface area contributed by atoms with Gasteiger partial charge < -0.3 is 35.1 Å². The van der Waals surface area contributed by atoms with Crippen LogP contribution in [-0.4, -0.2) is 55.7 Å². The molecule has 0 spiro atoms. The number of amides is 3. The largest absolute Gasteiger partial charge is 0.493 e. The predicted octanol–water partition coefficient (Wildman–Crippen LogP) is 8.25. The van der Waals surface area contributed by atoms with Crippen LogP contribution in [0.1, 0.15) is 75.7 Å². The van der Waals surface area contributed by atoms with Gasteiger partial charge in [0.05, 0.1) is 7.11 Å². The Balaban J connectivity index is 1.29. The molecule has 0 aromatic heterocycles. The van der Waals surface area contributed by atoms with Gasteiger partial charge in [0.2, 0.25) is 0 Å². The normalized spacial score (nSPS) is 13.8. The molecule has 3 aromatic carbocycles. The smallest absolute Gasteiger partial charge is 0.319 e. The summed E-state index contributed by atoms with van der Waals surface area (Å²) in [5, 5.41) is 8.78. The van der Waals surface area contributed by atoms with Crippen LogP contribution in [0.2, 0.25) is 0 Å². The van der Waals surface area contributed by atoms with Crippen molar-refractivity contribution in [3.63, 3.8) is 0 Å². The van der Waals surface area contributed by atoms with Gasteiger partial charge in [-0.25, -0.2) is 4.79 Å². The summed E-state index contributed by atoms with van der Waals surface area (Å²) in [5.74, 6) is 2.93. The summed E-state index contributed by atoms with van der Waals surface area (Å²) in [5.41, 5.74) is 2.65. The lowest BCUT2D eigenvalue weighted by Crippen LogP contribution is -2.39. The molecule has 4 rings (SSSR count). The van der Waals surface area contributed by atoms with Crippen molar-refractivity contribution >= 4 is 23.3 Å². The topological polar surface area (TPSA) is 101 Å². The molecule has 3 aromatic rings. The predicted molar refractivity (Wildman–Crippen MR) is 185 cm³/mol. The Kier molecular flexibility index (Phi) is 12.7. The Morgan fingerprint density at radius 3 is 2.13 bits per heavy atom. The molecule has 1 saturated heterocycles. The second-order valence-corrected chi connectivity index (χ2v) is 12.4. The molecule has 248 valence electrons. The molecule has 46 heavy (non-hydrogen) atoms. The Labute approximate surface area is 274 Å². The Morgan fingerprint density at radius 2 is 1.52 bits per heavy atom. The number of piperidine rings is 1. The van der Waals surface area contributed by atoms with E-state index < -0.39 is 0 Å². The van der Waals surface area contributed by atoms with E-state index in [2.05, 4.69) is 34.7 Å². The van der Waals surface area contributed by atoms with E-state index in [0.717, 1.165) is 62.5 Å². The summed E-state index contributed by atoms with van der Waals surface area (Å²) in [6.45, 7) is 13.8. The van der Waals surface area contributed by atoms with Crippen molar-refractivity contribution in [1.82, 2.24) is 10.2 Å². The number of aryl methyl sites for hydroxylation is 1. The second-order valence-electron chi connectivity index (χ2n) is 12.4. The van der Waals surface area contributed by atoms with E-state index in [1.807, 2.05) is 45.0 Å². The van der Waals surface area contributed by atoms with Crippen molar-refractivity contribution in [2.75, 3.05) is 37.4 Å². The highest BCUT2D eigenvalue weighted by atomic mass is 16.5. The number of rotatable bonds is 14. The van der Waals surface area contributed by atoms with Crippen LogP contribution in [0.5, 0.6) is 23.0 Å². The van der Waals surface area contributed by atoms with Crippen LogP contribution < -0.4 is 30.2 Å². The first-order valence-electron chi connectivity index (χ1n) is 16.5. The van der Waals surface area contributed by atoms with Crippen molar-refractivity contribution in [3.05, 3.63) is 71.8 Å². The third-order valence-electron chi connectivity index (χ3n) is 8.37. The summed E-state index contributed by atoms with van der Waals surface area (Å²) >= 11 is 0. The number of carbonyl (C=O) groups is 2. The molecule has 1 aliphatic rings. The van der Waals surface area contributed by atoms with Crippen molar-refractivity contribution in [2.24, 2.45) is 5.92 Å². The number of anilines is 2. The number of carbonyl (C=O) groups excluding carboxylic acids is 2. The molecule has 0 bridgehead atoms. The third-order valence-corrected chi connectivity index (χ3v) is 8.37. The number of benzene rings is 3. The van der Waals surface area contributed by atoms with Crippen LogP contribution in [-0.2, 0) is 0 Å². The van der Waals surface area contributed by atoms with E-state index in [0.29, 0.717) is 34.2 Å². The van der Waals surface area contributed by atoms with Gasteiger partial charge in [-0.05, 0) is 112 Å². The monoisotopic (exact) mass is 630 g/mol. The second kappa shape index (κ2) is 16.9.